The van der Waals surface area contributed by atoms with Crippen molar-refractivity contribution in [1.29, 1.82) is 0 Å². The van der Waals surface area contributed by atoms with Crippen molar-refractivity contribution in [3.63, 3.8) is 0 Å². The number of halogens is 3. The number of ether oxygens (including phenoxy) is 1. The molecular formula is C9H14ClF2NO2. The molecule has 0 spiro atoms. The van der Waals surface area contributed by atoms with Crippen LogP contribution in [0.3, 0.4) is 0 Å². The number of hydrogen-bond donors (Lipinski definition) is 0. The summed E-state index contributed by atoms with van der Waals surface area (Å²) in [5.74, 6) is -3.29. The molecule has 0 saturated carbocycles. The highest BCUT2D eigenvalue weighted by atomic mass is 35.5. The summed E-state index contributed by atoms with van der Waals surface area (Å²) in [5.41, 5.74) is 0. The van der Waals surface area contributed by atoms with Gasteiger partial charge in [-0.05, 0) is 6.92 Å². The van der Waals surface area contributed by atoms with Gasteiger partial charge in [0.15, 0.2) is 0 Å². The predicted octanol–water partition coefficient (Wildman–Crippen LogP) is 1.50. The SMILES string of the molecule is COC[C@@H]1CC(F)(F)CN1C(=O)[C@@H](C)Cl. The zero-order valence-corrected chi connectivity index (χ0v) is 9.43. The first-order chi connectivity index (χ1) is 6.87. The second kappa shape index (κ2) is 4.61. The van der Waals surface area contributed by atoms with Gasteiger partial charge in [-0.25, -0.2) is 8.78 Å². The number of likely N-dealkylation sites (tertiary alicyclic amines) is 1. The predicted molar refractivity (Wildman–Crippen MR) is 52.3 cm³/mol. The van der Waals surface area contributed by atoms with Gasteiger partial charge in [0.05, 0.1) is 19.2 Å². The van der Waals surface area contributed by atoms with Crippen LogP contribution >= 0.6 is 11.6 Å². The minimum atomic E-state index is -2.83. The first-order valence-corrected chi connectivity index (χ1v) is 5.12. The van der Waals surface area contributed by atoms with Gasteiger partial charge in [0.1, 0.15) is 5.38 Å². The molecule has 88 valence electrons. The molecule has 0 N–H and O–H groups in total. The van der Waals surface area contributed by atoms with E-state index in [4.69, 9.17) is 16.3 Å². The fourth-order valence-electron chi connectivity index (χ4n) is 1.73. The maximum absolute atomic E-state index is 13.1. The summed E-state index contributed by atoms with van der Waals surface area (Å²) in [7, 11) is 1.42. The van der Waals surface area contributed by atoms with Crippen LogP contribution in [0.15, 0.2) is 0 Å². The Morgan fingerprint density at radius 2 is 2.33 bits per heavy atom. The summed E-state index contributed by atoms with van der Waals surface area (Å²) < 4.78 is 31.0. The van der Waals surface area contributed by atoms with E-state index in [0.29, 0.717) is 0 Å². The fraction of sp³-hybridized carbons (Fsp3) is 0.889. The highest BCUT2D eigenvalue weighted by Gasteiger charge is 2.47. The van der Waals surface area contributed by atoms with E-state index in [-0.39, 0.29) is 13.0 Å². The zero-order chi connectivity index (χ0) is 11.6. The molecule has 2 atom stereocenters. The Hall–Kier alpha value is -0.420. The minimum absolute atomic E-state index is 0.116. The third-order valence-corrected chi connectivity index (χ3v) is 2.55. The minimum Gasteiger partial charge on any atom is -0.383 e. The summed E-state index contributed by atoms with van der Waals surface area (Å²) in [6.45, 7) is 1.03. The Kier molecular flexibility index (Phi) is 3.89. The standard InChI is InChI=1S/C9H14ClF2NO2/c1-6(10)8(14)13-5-9(11,12)3-7(13)4-15-2/h6-7H,3-5H2,1-2H3/t6-,7+/m1/s1. The Labute approximate surface area is 92.3 Å². The van der Waals surface area contributed by atoms with Crippen LogP contribution in [0.4, 0.5) is 8.78 Å². The van der Waals surface area contributed by atoms with Gasteiger partial charge in [-0.1, -0.05) is 0 Å². The molecule has 1 aliphatic heterocycles. The maximum atomic E-state index is 13.1. The number of nitrogens with zero attached hydrogens (tertiary/aromatic N) is 1. The molecule has 1 aliphatic rings. The topological polar surface area (TPSA) is 29.5 Å². The lowest BCUT2D eigenvalue weighted by molar-refractivity contribution is -0.133. The smallest absolute Gasteiger partial charge is 0.267 e. The van der Waals surface area contributed by atoms with Crippen LogP contribution in [0.5, 0.6) is 0 Å². The van der Waals surface area contributed by atoms with E-state index in [0.717, 1.165) is 4.90 Å². The van der Waals surface area contributed by atoms with E-state index in [2.05, 4.69) is 0 Å². The maximum Gasteiger partial charge on any atom is 0.267 e. The van der Waals surface area contributed by atoms with Crippen molar-refractivity contribution in [3.8, 4) is 0 Å². The average molecular weight is 242 g/mol. The van der Waals surface area contributed by atoms with E-state index in [1.807, 2.05) is 0 Å². The number of rotatable bonds is 3. The molecule has 1 heterocycles. The summed E-state index contributed by atoms with van der Waals surface area (Å²) in [6.07, 6.45) is -0.351. The third-order valence-electron chi connectivity index (χ3n) is 2.36. The summed E-state index contributed by atoms with van der Waals surface area (Å²) in [4.78, 5) is 12.6. The molecule has 15 heavy (non-hydrogen) atoms. The molecule has 6 heteroatoms. The van der Waals surface area contributed by atoms with Crippen molar-refractivity contribution >= 4 is 17.5 Å². The molecule has 0 aromatic heterocycles. The number of amides is 1. The summed E-state index contributed by atoms with van der Waals surface area (Å²) in [6, 6.07) is -0.571. The van der Waals surface area contributed by atoms with Crippen molar-refractivity contribution in [1.82, 2.24) is 4.90 Å². The normalized spacial score (nSPS) is 26.7. The Morgan fingerprint density at radius 1 is 1.73 bits per heavy atom. The average Bonchev–Trinajstić information content (AvgIpc) is 2.40. The van der Waals surface area contributed by atoms with Crippen LogP contribution in [-0.2, 0) is 9.53 Å². The van der Waals surface area contributed by atoms with Gasteiger partial charge in [0, 0.05) is 13.5 Å². The molecule has 1 amide bonds. The van der Waals surface area contributed by atoms with Gasteiger partial charge in [-0.15, -0.1) is 11.6 Å². The van der Waals surface area contributed by atoms with Gasteiger partial charge in [-0.3, -0.25) is 4.79 Å². The largest absolute Gasteiger partial charge is 0.383 e. The third kappa shape index (κ3) is 3.01. The molecule has 0 bridgehead atoms. The van der Waals surface area contributed by atoms with Crippen molar-refractivity contribution in [2.45, 2.75) is 30.7 Å². The highest BCUT2D eigenvalue weighted by molar-refractivity contribution is 6.30. The molecule has 0 aromatic rings. The first-order valence-electron chi connectivity index (χ1n) is 4.68. The van der Waals surface area contributed by atoms with E-state index in [1.165, 1.54) is 14.0 Å². The van der Waals surface area contributed by atoms with Crippen LogP contribution in [0.1, 0.15) is 13.3 Å². The molecular weight excluding hydrogens is 228 g/mol. The second-order valence-corrected chi connectivity index (χ2v) is 4.41. The van der Waals surface area contributed by atoms with Gasteiger partial charge in [-0.2, -0.15) is 0 Å². The first kappa shape index (κ1) is 12.6. The number of alkyl halides is 3. The lowest BCUT2D eigenvalue weighted by Gasteiger charge is -2.24. The molecule has 0 unspecified atom stereocenters. The van der Waals surface area contributed by atoms with Crippen LogP contribution in [-0.4, -0.2) is 48.4 Å². The Bertz CT molecular complexity index is 248. The number of methoxy groups -OCH3 is 1. The molecule has 0 aliphatic carbocycles. The molecule has 3 nitrogen and oxygen atoms in total. The highest BCUT2D eigenvalue weighted by Crippen LogP contribution is 2.32. The van der Waals surface area contributed by atoms with Crippen LogP contribution in [0.25, 0.3) is 0 Å². The monoisotopic (exact) mass is 241 g/mol. The van der Waals surface area contributed by atoms with Gasteiger partial charge >= 0.3 is 0 Å². The van der Waals surface area contributed by atoms with Crippen LogP contribution in [0.2, 0.25) is 0 Å². The van der Waals surface area contributed by atoms with Crippen molar-refractivity contribution < 1.29 is 18.3 Å². The van der Waals surface area contributed by atoms with E-state index < -0.39 is 29.8 Å². The summed E-state index contributed by atoms with van der Waals surface area (Å²) in [5, 5.41) is -0.779. The second-order valence-electron chi connectivity index (χ2n) is 3.75. The van der Waals surface area contributed by atoms with E-state index in [1.54, 1.807) is 0 Å². The Morgan fingerprint density at radius 3 is 2.80 bits per heavy atom. The van der Waals surface area contributed by atoms with Gasteiger partial charge in [0.2, 0.25) is 5.91 Å². The molecule has 1 fully saturated rings. The number of carbonyl (C=O) groups excluding carboxylic acids is 1. The summed E-state index contributed by atoms with van der Waals surface area (Å²) >= 11 is 5.59. The molecule has 1 rings (SSSR count). The van der Waals surface area contributed by atoms with Crippen molar-refractivity contribution in [2.24, 2.45) is 0 Å². The van der Waals surface area contributed by atoms with Crippen LogP contribution in [0, 0.1) is 0 Å². The number of carbonyl (C=O) groups is 1. The molecule has 1 saturated heterocycles. The van der Waals surface area contributed by atoms with Crippen LogP contribution < -0.4 is 0 Å². The van der Waals surface area contributed by atoms with Gasteiger partial charge < -0.3 is 9.64 Å². The van der Waals surface area contributed by atoms with Gasteiger partial charge in [0.25, 0.3) is 5.92 Å². The number of hydrogen-bond acceptors (Lipinski definition) is 2. The lowest BCUT2D eigenvalue weighted by atomic mass is 10.2. The van der Waals surface area contributed by atoms with Crippen molar-refractivity contribution in [3.05, 3.63) is 0 Å². The quantitative estimate of drug-likeness (QED) is 0.701. The van der Waals surface area contributed by atoms with E-state index in [9.17, 15) is 13.6 Å². The Balaban J connectivity index is 2.72. The lowest BCUT2D eigenvalue weighted by Crippen LogP contribution is -2.42. The molecule has 0 aromatic carbocycles. The molecule has 0 radical (unpaired) electrons. The van der Waals surface area contributed by atoms with Crippen molar-refractivity contribution in [2.75, 3.05) is 20.3 Å². The van der Waals surface area contributed by atoms with E-state index >= 15 is 0 Å². The zero-order valence-electron chi connectivity index (χ0n) is 8.67. The fourth-order valence-corrected chi connectivity index (χ4v) is 1.85.